The number of carboxylic acids is 1. The standard InChI is InChI=1S/C23H29NO5/c1-2-27-21(23(25)26)15-17-11-12-24-22(16-17)29-14-13-28-20-9-7-19(8-10-20)18-5-3-4-6-18/h7-12,16,18,21H,2-6,13-15H2,1H3,(H,25,26). The second-order valence-corrected chi connectivity index (χ2v) is 7.24. The number of hydrogen-bond donors (Lipinski definition) is 1. The highest BCUT2D eigenvalue weighted by Gasteiger charge is 2.18. The molecule has 6 nitrogen and oxygen atoms in total. The number of nitrogens with zero attached hydrogens (tertiary/aromatic N) is 1. The van der Waals surface area contributed by atoms with Crippen LogP contribution in [0.2, 0.25) is 0 Å². The van der Waals surface area contributed by atoms with Gasteiger partial charge in [0.2, 0.25) is 5.88 Å². The van der Waals surface area contributed by atoms with E-state index in [0.717, 1.165) is 11.3 Å². The molecule has 2 aromatic rings. The Hall–Kier alpha value is -2.60. The quantitative estimate of drug-likeness (QED) is 0.570. The molecule has 1 aliphatic rings. The number of carboxylic acid groups (broad SMARTS) is 1. The van der Waals surface area contributed by atoms with Crippen LogP contribution in [-0.2, 0) is 16.0 Å². The van der Waals surface area contributed by atoms with Crippen molar-refractivity contribution < 1.29 is 24.1 Å². The average molecular weight is 399 g/mol. The molecule has 6 heteroatoms. The van der Waals surface area contributed by atoms with Crippen LogP contribution in [0.3, 0.4) is 0 Å². The summed E-state index contributed by atoms with van der Waals surface area (Å²) < 4.78 is 16.7. The van der Waals surface area contributed by atoms with Gasteiger partial charge >= 0.3 is 5.97 Å². The Bertz CT molecular complexity index is 771. The van der Waals surface area contributed by atoms with E-state index in [1.165, 1.54) is 31.2 Å². The molecule has 1 aliphatic carbocycles. The fraction of sp³-hybridized carbons (Fsp3) is 0.478. The summed E-state index contributed by atoms with van der Waals surface area (Å²) in [5.41, 5.74) is 2.21. The first kappa shape index (κ1) is 21.1. The lowest BCUT2D eigenvalue weighted by atomic mass is 9.98. The third-order valence-corrected chi connectivity index (χ3v) is 5.17. The maximum atomic E-state index is 11.2. The summed E-state index contributed by atoms with van der Waals surface area (Å²) in [5.74, 6) is 1.01. The summed E-state index contributed by atoms with van der Waals surface area (Å²) in [6.07, 6.45) is 6.25. The van der Waals surface area contributed by atoms with Gasteiger partial charge in [0, 0.05) is 25.3 Å². The topological polar surface area (TPSA) is 77.9 Å². The highest BCUT2D eigenvalue weighted by Crippen LogP contribution is 2.34. The van der Waals surface area contributed by atoms with Gasteiger partial charge in [0.15, 0.2) is 6.10 Å². The molecule has 0 aliphatic heterocycles. The monoisotopic (exact) mass is 399 g/mol. The van der Waals surface area contributed by atoms with Crippen LogP contribution in [0.15, 0.2) is 42.6 Å². The van der Waals surface area contributed by atoms with Crippen LogP contribution < -0.4 is 9.47 Å². The molecule has 0 radical (unpaired) electrons. The molecule has 1 saturated carbocycles. The molecule has 1 N–H and O–H groups in total. The van der Waals surface area contributed by atoms with Crippen LogP contribution in [0, 0.1) is 0 Å². The van der Waals surface area contributed by atoms with Gasteiger partial charge in [-0.15, -0.1) is 0 Å². The minimum absolute atomic E-state index is 0.270. The Kier molecular flexibility index (Phi) is 7.87. The van der Waals surface area contributed by atoms with E-state index in [1.807, 2.05) is 12.1 Å². The van der Waals surface area contributed by atoms with Gasteiger partial charge in [-0.3, -0.25) is 0 Å². The zero-order valence-electron chi connectivity index (χ0n) is 16.9. The molecule has 0 amide bonds. The van der Waals surface area contributed by atoms with E-state index in [1.54, 1.807) is 25.3 Å². The van der Waals surface area contributed by atoms with Crippen molar-refractivity contribution in [2.75, 3.05) is 19.8 Å². The number of pyridine rings is 1. The second kappa shape index (κ2) is 10.8. The van der Waals surface area contributed by atoms with Gasteiger partial charge in [-0.25, -0.2) is 9.78 Å². The maximum absolute atomic E-state index is 11.2. The minimum atomic E-state index is -0.974. The van der Waals surface area contributed by atoms with Crippen molar-refractivity contribution in [3.63, 3.8) is 0 Å². The third-order valence-electron chi connectivity index (χ3n) is 5.17. The van der Waals surface area contributed by atoms with Crippen molar-refractivity contribution in [3.05, 3.63) is 53.7 Å². The largest absolute Gasteiger partial charge is 0.490 e. The molecular formula is C23H29NO5. The number of rotatable bonds is 11. The predicted molar refractivity (Wildman–Crippen MR) is 110 cm³/mol. The maximum Gasteiger partial charge on any atom is 0.333 e. The third kappa shape index (κ3) is 6.46. The summed E-state index contributed by atoms with van der Waals surface area (Å²) >= 11 is 0. The first-order valence-corrected chi connectivity index (χ1v) is 10.3. The van der Waals surface area contributed by atoms with E-state index >= 15 is 0 Å². The normalized spacial score (nSPS) is 15.2. The fourth-order valence-electron chi connectivity index (χ4n) is 3.69. The zero-order valence-corrected chi connectivity index (χ0v) is 16.9. The Morgan fingerprint density at radius 3 is 2.55 bits per heavy atom. The van der Waals surface area contributed by atoms with Crippen LogP contribution in [0.4, 0.5) is 0 Å². The summed E-state index contributed by atoms with van der Waals surface area (Å²) in [4.78, 5) is 15.4. The van der Waals surface area contributed by atoms with Crippen molar-refractivity contribution in [3.8, 4) is 11.6 Å². The van der Waals surface area contributed by atoms with Crippen LogP contribution in [-0.4, -0.2) is 42.0 Å². The lowest BCUT2D eigenvalue weighted by Crippen LogP contribution is -2.26. The first-order chi connectivity index (χ1) is 14.2. The number of ether oxygens (including phenoxy) is 3. The molecule has 156 valence electrons. The SMILES string of the molecule is CCOC(Cc1ccnc(OCCOc2ccc(C3CCCC3)cc2)c1)C(=O)O. The van der Waals surface area contributed by atoms with Gasteiger partial charge in [0.05, 0.1) is 0 Å². The minimum Gasteiger partial charge on any atom is -0.490 e. The fourth-order valence-corrected chi connectivity index (χ4v) is 3.69. The highest BCUT2D eigenvalue weighted by molar-refractivity contribution is 5.72. The summed E-state index contributed by atoms with van der Waals surface area (Å²) in [6.45, 7) is 2.89. The van der Waals surface area contributed by atoms with Gasteiger partial charge in [0.1, 0.15) is 19.0 Å². The van der Waals surface area contributed by atoms with Crippen molar-refractivity contribution >= 4 is 5.97 Å². The molecule has 1 atom stereocenters. The highest BCUT2D eigenvalue weighted by atomic mass is 16.5. The van der Waals surface area contributed by atoms with Gasteiger partial charge in [-0.05, 0) is 55.0 Å². The molecule has 29 heavy (non-hydrogen) atoms. The molecule has 1 aromatic heterocycles. The van der Waals surface area contributed by atoms with Crippen LogP contribution in [0.1, 0.15) is 49.7 Å². The van der Waals surface area contributed by atoms with Crippen LogP contribution >= 0.6 is 0 Å². The summed E-state index contributed by atoms with van der Waals surface area (Å²) in [5, 5.41) is 9.21. The Balaban J connectivity index is 1.43. The lowest BCUT2D eigenvalue weighted by molar-refractivity contribution is -0.149. The van der Waals surface area contributed by atoms with Gasteiger partial charge in [-0.1, -0.05) is 25.0 Å². The van der Waals surface area contributed by atoms with E-state index in [0.29, 0.717) is 31.6 Å². The molecule has 1 unspecified atom stereocenters. The molecule has 1 heterocycles. The number of aromatic nitrogens is 1. The zero-order chi connectivity index (χ0) is 20.5. The number of benzene rings is 1. The van der Waals surface area contributed by atoms with E-state index < -0.39 is 12.1 Å². The molecular weight excluding hydrogens is 370 g/mol. The second-order valence-electron chi connectivity index (χ2n) is 7.24. The number of hydrogen-bond acceptors (Lipinski definition) is 5. The molecule has 1 aromatic carbocycles. The Morgan fingerprint density at radius 2 is 1.86 bits per heavy atom. The molecule has 0 spiro atoms. The predicted octanol–water partition coefficient (Wildman–Crippen LogP) is 4.23. The summed E-state index contributed by atoms with van der Waals surface area (Å²) in [6, 6.07) is 11.9. The van der Waals surface area contributed by atoms with Gasteiger partial charge < -0.3 is 19.3 Å². The van der Waals surface area contributed by atoms with E-state index in [9.17, 15) is 9.90 Å². The molecule has 3 rings (SSSR count). The average Bonchev–Trinajstić information content (AvgIpc) is 3.26. The van der Waals surface area contributed by atoms with Crippen LogP contribution in [0.5, 0.6) is 11.6 Å². The number of aliphatic carboxylic acids is 1. The van der Waals surface area contributed by atoms with Crippen molar-refractivity contribution in [1.29, 1.82) is 0 Å². The van der Waals surface area contributed by atoms with E-state index in [4.69, 9.17) is 14.2 Å². The van der Waals surface area contributed by atoms with E-state index in [-0.39, 0.29) is 6.42 Å². The first-order valence-electron chi connectivity index (χ1n) is 10.3. The molecule has 0 bridgehead atoms. The summed E-state index contributed by atoms with van der Waals surface area (Å²) in [7, 11) is 0. The number of carbonyl (C=O) groups is 1. The molecule has 1 fully saturated rings. The Morgan fingerprint density at radius 1 is 1.14 bits per heavy atom. The molecule has 0 saturated heterocycles. The smallest absolute Gasteiger partial charge is 0.333 e. The van der Waals surface area contributed by atoms with E-state index in [2.05, 4.69) is 17.1 Å². The van der Waals surface area contributed by atoms with Gasteiger partial charge in [-0.2, -0.15) is 0 Å². The Labute approximate surface area is 171 Å². The lowest BCUT2D eigenvalue weighted by Gasteiger charge is -2.13. The van der Waals surface area contributed by atoms with Crippen molar-refractivity contribution in [1.82, 2.24) is 4.98 Å². The van der Waals surface area contributed by atoms with Crippen molar-refractivity contribution in [2.24, 2.45) is 0 Å². The van der Waals surface area contributed by atoms with Crippen LogP contribution in [0.25, 0.3) is 0 Å². The van der Waals surface area contributed by atoms with Crippen molar-refractivity contribution in [2.45, 2.75) is 51.0 Å². The van der Waals surface area contributed by atoms with Gasteiger partial charge in [0.25, 0.3) is 0 Å².